The number of rotatable bonds is 5. The Hall–Kier alpha value is -2.35. The third-order valence-corrected chi connectivity index (χ3v) is 5.78. The van der Waals surface area contributed by atoms with E-state index in [1.165, 1.54) is 39.8 Å². The van der Waals surface area contributed by atoms with Crippen LogP contribution in [0.25, 0.3) is 5.57 Å². The molecule has 1 heterocycles. The lowest BCUT2D eigenvalue weighted by Crippen LogP contribution is -2.04. The average Bonchev–Trinajstić information content (AvgIpc) is 3.03. The summed E-state index contributed by atoms with van der Waals surface area (Å²) in [5.74, 6) is 1.58. The van der Waals surface area contributed by atoms with E-state index in [9.17, 15) is 0 Å². The molecule has 26 heavy (non-hydrogen) atoms. The highest BCUT2D eigenvalue weighted by Crippen LogP contribution is 2.44. The third kappa shape index (κ3) is 2.98. The Morgan fingerprint density at radius 2 is 2.15 bits per heavy atom. The topological polar surface area (TPSA) is 22.1 Å². The van der Waals surface area contributed by atoms with Crippen LogP contribution < -0.4 is 4.74 Å². The summed E-state index contributed by atoms with van der Waals surface area (Å²) in [6, 6.07) is 4.47. The SMILES string of the molecule is C=C/C(C)=C(/c1cnccc1CC)c1cc2c(c(C)c1OC)CCC2C. The van der Waals surface area contributed by atoms with Crippen LogP contribution in [0.4, 0.5) is 0 Å². The minimum Gasteiger partial charge on any atom is -0.496 e. The van der Waals surface area contributed by atoms with Crippen molar-refractivity contribution in [3.8, 4) is 5.75 Å². The van der Waals surface area contributed by atoms with Gasteiger partial charge in [-0.2, -0.15) is 0 Å². The summed E-state index contributed by atoms with van der Waals surface area (Å²) >= 11 is 0. The van der Waals surface area contributed by atoms with Gasteiger partial charge in [0, 0.05) is 23.5 Å². The van der Waals surface area contributed by atoms with E-state index in [2.05, 4.69) is 51.4 Å². The number of methoxy groups -OCH3 is 1. The van der Waals surface area contributed by atoms with Crippen LogP contribution in [0, 0.1) is 6.92 Å². The molecular weight excluding hydrogens is 318 g/mol. The van der Waals surface area contributed by atoms with E-state index >= 15 is 0 Å². The number of aromatic nitrogens is 1. The van der Waals surface area contributed by atoms with Crippen molar-refractivity contribution in [3.05, 3.63) is 76.1 Å². The second-order valence-electron chi connectivity index (χ2n) is 7.24. The van der Waals surface area contributed by atoms with Gasteiger partial charge in [0.1, 0.15) is 5.75 Å². The first-order valence-electron chi connectivity index (χ1n) is 9.50. The van der Waals surface area contributed by atoms with E-state index in [0.29, 0.717) is 5.92 Å². The van der Waals surface area contributed by atoms with Gasteiger partial charge in [-0.1, -0.05) is 26.5 Å². The predicted molar refractivity (Wildman–Crippen MR) is 110 cm³/mol. The molecule has 0 aliphatic heterocycles. The molecule has 0 saturated carbocycles. The molecule has 2 aromatic rings. The fourth-order valence-electron chi connectivity index (χ4n) is 4.23. The number of hydrogen-bond donors (Lipinski definition) is 0. The quantitative estimate of drug-likeness (QED) is 0.617. The Morgan fingerprint density at radius 1 is 1.38 bits per heavy atom. The second-order valence-corrected chi connectivity index (χ2v) is 7.24. The molecule has 2 heteroatoms. The van der Waals surface area contributed by atoms with Crippen molar-refractivity contribution in [1.82, 2.24) is 4.98 Å². The highest BCUT2D eigenvalue weighted by Gasteiger charge is 2.26. The number of pyridine rings is 1. The number of allylic oxidation sites excluding steroid dienone is 2. The van der Waals surface area contributed by atoms with Gasteiger partial charge >= 0.3 is 0 Å². The molecule has 1 aliphatic rings. The molecule has 2 nitrogen and oxygen atoms in total. The molecule has 1 aromatic heterocycles. The van der Waals surface area contributed by atoms with Crippen LogP contribution in [0.5, 0.6) is 5.75 Å². The zero-order valence-corrected chi connectivity index (χ0v) is 16.6. The second kappa shape index (κ2) is 7.49. The van der Waals surface area contributed by atoms with Crippen molar-refractivity contribution < 1.29 is 4.74 Å². The van der Waals surface area contributed by atoms with E-state index in [1.807, 2.05) is 18.5 Å². The number of ether oxygens (including phenoxy) is 1. The van der Waals surface area contributed by atoms with E-state index < -0.39 is 0 Å². The number of aryl methyl sites for hydroxylation is 1. The molecule has 0 spiro atoms. The summed E-state index contributed by atoms with van der Waals surface area (Å²) < 4.78 is 5.92. The number of fused-ring (bicyclic) bond motifs is 1. The molecule has 0 bridgehead atoms. The van der Waals surface area contributed by atoms with E-state index in [-0.39, 0.29) is 0 Å². The Bertz CT molecular complexity index is 876. The summed E-state index contributed by atoms with van der Waals surface area (Å²) in [6.07, 6.45) is 9.12. The van der Waals surface area contributed by atoms with Crippen molar-refractivity contribution in [2.45, 2.75) is 52.9 Å². The smallest absolute Gasteiger partial charge is 0.129 e. The Morgan fingerprint density at radius 3 is 2.81 bits per heavy atom. The fourth-order valence-corrected chi connectivity index (χ4v) is 4.23. The first-order valence-corrected chi connectivity index (χ1v) is 9.50. The van der Waals surface area contributed by atoms with Gasteiger partial charge in [-0.15, -0.1) is 0 Å². The maximum Gasteiger partial charge on any atom is 0.129 e. The van der Waals surface area contributed by atoms with Crippen molar-refractivity contribution in [1.29, 1.82) is 0 Å². The zero-order valence-electron chi connectivity index (χ0n) is 16.6. The molecule has 3 rings (SSSR count). The van der Waals surface area contributed by atoms with Gasteiger partial charge in [0.2, 0.25) is 0 Å². The molecule has 0 saturated heterocycles. The van der Waals surface area contributed by atoms with Crippen molar-refractivity contribution in [2.75, 3.05) is 7.11 Å². The molecule has 136 valence electrons. The van der Waals surface area contributed by atoms with Gasteiger partial charge in [-0.25, -0.2) is 0 Å². The predicted octanol–water partition coefficient (Wildman–Crippen LogP) is 6.02. The van der Waals surface area contributed by atoms with E-state index in [1.54, 1.807) is 7.11 Å². The monoisotopic (exact) mass is 347 g/mol. The summed E-state index contributed by atoms with van der Waals surface area (Å²) in [4.78, 5) is 4.41. The molecular formula is C24H29NO. The molecule has 0 amide bonds. The maximum atomic E-state index is 5.92. The van der Waals surface area contributed by atoms with Crippen molar-refractivity contribution in [2.24, 2.45) is 0 Å². The summed E-state index contributed by atoms with van der Waals surface area (Å²) in [6.45, 7) is 12.9. The molecule has 1 aromatic carbocycles. The highest BCUT2D eigenvalue weighted by molar-refractivity contribution is 5.88. The zero-order chi connectivity index (χ0) is 18.8. The van der Waals surface area contributed by atoms with Crippen LogP contribution in [-0.4, -0.2) is 12.1 Å². The summed E-state index contributed by atoms with van der Waals surface area (Å²) in [5, 5.41) is 0. The number of nitrogens with zero attached hydrogens (tertiary/aromatic N) is 1. The number of hydrogen-bond acceptors (Lipinski definition) is 2. The Labute approximate surface area is 157 Å². The van der Waals surface area contributed by atoms with E-state index in [4.69, 9.17) is 4.74 Å². The third-order valence-electron chi connectivity index (χ3n) is 5.78. The van der Waals surface area contributed by atoms with Crippen LogP contribution in [0.3, 0.4) is 0 Å². The fraction of sp³-hybridized carbons (Fsp3) is 0.375. The largest absolute Gasteiger partial charge is 0.496 e. The molecule has 0 radical (unpaired) electrons. The van der Waals surface area contributed by atoms with Crippen molar-refractivity contribution in [3.63, 3.8) is 0 Å². The molecule has 0 N–H and O–H groups in total. The lowest BCUT2D eigenvalue weighted by atomic mass is 9.86. The molecule has 1 atom stereocenters. The van der Waals surface area contributed by atoms with Gasteiger partial charge in [-0.3, -0.25) is 4.98 Å². The Balaban J connectivity index is 2.35. The minimum absolute atomic E-state index is 0.596. The lowest BCUT2D eigenvalue weighted by molar-refractivity contribution is 0.410. The van der Waals surface area contributed by atoms with Gasteiger partial charge in [0.25, 0.3) is 0 Å². The molecule has 1 unspecified atom stereocenters. The van der Waals surface area contributed by atoms with E-state index in [0.717, 1.165) is 29.7 Å². The molecule has 0 fully saturated rings. The Kier molecular flexibility index (Phi) is 5.31. The average molecular weight is 348 g/mol. The van der Waals surface area contributed by atoms with Gasteiger partial charge < -0.3 is 4.74 Å². The molecule has 1 aliphatic carbocycles. The van der Waals surface area contributed by atoms with Crippen LogP contribution in [-0.2, 0) is 12.8 Å². The minimum atomic E-state index is 0.596. The van der Waals surface area contributed by atoms with Gasteiger partial charge in [0.15, 0.2) is 0 Å². The summed E-state index contributed by atoms with van der Waals surface area (Å²) in [7, 11) is 1.78. The van der Waals surface area contributed by atoms with Crippen LogP contribution >= 0.6 is 0 Å². The van der Waals surface area contributed by atoms with Gasteiger partial charge in [0.05, 0.1) is 7.11 Å². The normalized spacial score (nSPS) is 16.9. The first-order chi connectivity index (χ1) is 12.5. The van der Waals surface area contributed by atoms with Crippen LogP contribution in [0.15, 0.2) is 42.8 Å². The highest BCUT2D eigenvalue weighted by atomic mass is 16.5. The van der Waals surface area contributed by atoms with Gasteiger partial charge in [-0.05, 0) is 84.6 Å². The van der Waals surface area contributed by atoms with Crippen molar-refractivity contribution >= 4 is 5.57 Å². The van der Waals surface area contributed by atoms with Crippen LogP contribution in [0.1, 0.15) is 66.5 Å². The standard InChI is InChI=1S/C24H29NO/c1-7-15(3)23(22-14-25-12-11-18(22)8-2)21-13-20-16(4)9-10-19(20)17(5)24(21)26-6/h7,11-14,16H,1,8-10H2,2-6H3/b23-15+. The maximum absolute atomic E-state index is 5.92. The lowest BCUT2D eigenvalue weighted by Gasteiger charge is -2.21. The summed E-state index contributed by atoms with van der Waals surface area (Å²) in [5.41, 5.74) is 10.2. The first kappa shape index (κ1) is 18.4. The van der Waals surface area contributed by atoms with Crippen LogP contribution in [0.2, 0.25) is 0 Å². The number of benzene rings is 1.